The number of aromatic nitrogens is 2. The summed E-state index contributed by atoms with van der Waals surface area (Å²) in [6, 6.07) is 12.7. The average molecular weight is 414 g/mol. The van der Waals surface area contributed by atoms with Crippen LogP contribution in [0.15, 0.2) is 65.1 Å². The van der Waals surface area contributed by atoms with Crippen LogP contribution in [0.3, 0.4) is 0 Å². The quantitative estimate of drug-likeness (QED) is 0.351. The Labute approximate surface area is 172 Å². The monoisotopic (exact) mass is 413 g/mol. The lowest BCUT2D eigenvalue weighted by Crippen LogP contribution is -2.23. The lowest BCUT2D eigenvalue weighted by atomic mass is 10.1. The van der Waals surface area contributed by atoms with Crippen LogP contribution in [-0.2, 0) is 17.8 Å². The number of nitrogens with zero attached hydrogens (tertiary/aromatic N) is 2. The number of anilines is 1. The van der Waals surface area contributed by atoms with Gasteiger partial charge in [0.25, 0.3) is 5.56 Å². The highest BCUT2D eigenvalue weighted by Gasteiger charge is 2.13. The Kier molecular flexibility index (Phi) is 6.54. The van der Waals surface area contributed by atoms with Gasteiger partial charge in [0.05, 0.1) is 16.7 Å². The number of carbonyl (C=O) groups excluding carboxylic acids is 1. The summed E-state index contributed by atoms with van der Waals surface area (Å²) in [5.74, 6) is -0.0321. The SMILES string of the molecule is C=CCn1c(SCC(=O)Nc2cccc(CC)c2)nc2cc(Cl)ccc2c1=O. The minimum absolute atomic E-state index is 0.131. The molecule has 0 unspecified atom stereocenters. The van der Waals surface area contributed by atoms with E-state index in [1.807, 2.05) is 24.3 Å². The molecule has 1 N–H and O–H groups in total. The van der Waals surface area contributed by atoms with Gasteiger partial charge in [-0.1, -0.05) is 48.5 Å². The van der Waals surface area contributed by atoms with Gasteiger partial charge in [0, 0.05) is 17.3 Å². The van der Waals surface area contributed by atoms with Crippen molar-refractivity contribution in [3.63, 3.8) is 0 Å². The van der Waals surface area contributed by atoms with E-state index in [-0.39, 0.29) is 17.2 Å². The van der Waals surface area contributed by atoms with Crippen LogP contribution in [0.2, 0.25) is 5.02 Å². The van der Waals surface area contributed by atoms with E-state index >= 15 is 0 Å². The molecule has 0 radical (unpaired) electrons. The van der Waals surface area contributed by atoms with Gasteiger partial charge in [-0.15, -0.1) is 6.58 Å². The van der Waals surface area contributed by atoms with Crippen LogP contribution in [-0.4, -0.2) is 21.2 Å². The maximum absolute atomic E-state index is 12.8. The van der Waals surface area contributed by atoms with E-state index in [9.17, 15) is 9.59 Å². The van der Waals surface area contributed by atoms with E-state index in [0.29, 0.717) is 27.6 Å². The number of benzene rings is 2. The number of thioether (sulfide) groups is 1. The van der Waals surface area contributed by atoms with Crippen molar-refractivity contribution in [2.75, 3.05) is 11.1 Å². The smallest absolute Gasteiger partial charge is 0.262 e. The second kappa shape index (κ2) is 9.08. The van der Waals surface area contributed by atoms with E-state index < -0.39 is 0 Å². The molecular weight excluding hydrogens is 394 g/mol. The first-order valence-corrected chi connectivity index (χ1v) is 10.2. The van der Waals surface area contributed by atoms with Crippen molar-refractivity contribution in [1.29, 1.82) is 0 Å². The highest BCUT2D eigenvalue weighted by molar-refractivity contribution is 7.99. The molecule has 1 aromatic heterocycles. The van der Waals surface area contributed by atoms with E-state index in [1.165, 1.54) is 16.3 Å². The summed E-state index contributed by atoms with van der Waals surface area (Å²) in [4.78, 5) is 29.7. The fourth-order valence-electron chi connectivity index (χ4n) is 2.77. The molecule has 0 fully saturated rings. The molecule has 0 saturated heterocycles. The van der Waals surface area contributed by atoms with Crippen LogP contribution in [0.4, 0.5) is 5.69 Å². The van der Waals surface area contributed by atoms with Gasteiger partial charge in [-0.2, -0.15) is 0 Å². The van der Waals surface area contributed by atoms with Crippen molar-refractivity contribution < 1.29 is 4.79 Å². The van der Waals surface area contributed by atoms with Crippen molar-refractivity contribution in [2.24, 2.45) is 0 Å². The standard InChI is InChI=1S/C21H20ClN3O2S/c1-3-10-25-20(27)17-9-8-15(22)12-18(17)24-21(25)28-13-19(26)23-16-7-5-6-14(4-2)11-16/h3,5-9,11-12H,1,4,10,13H2,2H3,(H,23,26). The third-order valence-electron chi connectivity index (χ3n) is 4.15. The first-order chi connectivity index (χ1) is 13.5. The second-order valence-electron chi connectivity index (χ2n) is 6.15. The van der Waals surface area contributed by atoms with Gasteiger partial charge >= 0.3 is 0 Å². The molecule has 3 aromatic rings. The molecule has 0 aliphatic heterocycles. The van der Waals surface area contributed by atoms with Crippen LogP contribution in [0, 0.1) is 0 Å². The number of fused-ring (bicyclic) bond motifs is 1. The first kappa shape index (κ1) is 20.2. The van der Waals surface area contributed by atoms with Crippen molar-refractivity contribution in [1.82, 2.24) is 9.55 Å². The zero-order chi connectivity index (χ0) is 20.1. The molecule has 0 atom stereocenters. The number of carbonyl (C=O) groups is 1. The highest BCUT2D eigenvalue weighted by Crippen LogP contribution is 2.21. The number of rotatable bonds is 7. The molecular formula is C21H20ClN3O2S. The number of hydrogen-bond acceptors (Lipinski definition) is 4. The topological polar surface area (TPSA) is 64.0 Å². The van der Waals surface area contributed by atoms with Crippen molar-refractivity contribution >= 4 is 45.9 Å². The number of halogens is 1. The van der Waals surface area contributed by atoms with Crippen molar-refractivity contribution in [3.8, 4) is 0 Å². The normalized spacial score (nSPS) is 10.8. The Morgan fingerprint density at radius 2 is 2.14 bits per heavy atom. The van der Waals surface area contributed by atoms with E-state index in [2.05, 4.69) is 23.8 Å². The summed E-state index contributed by atoms with van der Waals surface area (Å²) in [6.07, 6.45) is 2.53. The molecule has 5 nitrogen and oxygen atoms in total. The third kappa shape index (κ3) is 4.64. The average Bonchev–Trinajstić information content (AvgIpc) is 2.68. The summed E-state index contributed by atoms with van der Waals surface area (Å²) in [6.45, 7) is 6.08. The summed E-state index contributed by atoms with van der Waals surface area (Å²) in [5.41, 5.74) is 2.24. The molecule has 0 saturated carbocycles. The van der Waals surface area contributed by atoms with Gasteiger partial charge in [-0.25, -0.2) is 4.98 Å². The summed E-state index contributed by atoms with van der Waals surface area (Å²) >= 11 is 7.24. The Bertz CT molecular complexity index is 1090. The van der Waals surface area contributed by atoms with Gasteiger partial charge in [0.2, 0.25) is 5.91 Å². The predicted molar refractivity (Wildman–Crippen MR) is 116 cm³/mol. The minimum Gasteiger partial charge on any atom is -0.325 e. The fraction of sp³-hybridized carbons (Fsp3) is 0.190. The molecule has 144 valence electrons. The zero-order valence-corrected chi connectivity index (χ0v) is 17.0. The summed E-state index contributed by atoms with van der Waals surface area (Å²) in [5, 5.41) is 4.33. The van der Waals surface area contributed by atoms with Crippen molar-refractivity contribution in [2.45, 2.75) is 25.0 Å². The molecule has 0 aliphatic rings. The number of nitrogens with one attached hydrogen (secondary N) is 1. The Hall–Kier alpha value is -2.57. The second-order valence-corrected chi connectivity index (χ2v) is 7.53. The number of allylic oxidation sites excluding steroid dienone is 1. The van der Waals surface area contributed by atoms with Gasteiger partial charge in [0.15, 0.2) is 5.16 Å². The summed E-state index contributed by atoms with van der Waals surface area (Å²) < 4.78 is 1.51. The number of amides is 1. The predicted octanol–water partition coefficient (Wildman–Crippen LogP) is 4.53. The highest BCUT2D eigenvalue weighted by atomic mass is 35.5. The van der Waals surface area contributed by atoms with Crippen molar-refractivity contribution in [3.05, 3.63) is 76.1 Å². The Morgan fingerprint density at radius 3 is 2.89 bits per heavy atom. The summed E-state index contributed by atoms with van der Waals surface area (Å²) in [7, 11) is 0. The molecule has 0 bridgehead atoms. The van der Waals surface area contributed by atoms with Gasteiger partial charge in [0.1, 0.15) is 0 Å². The van der Waals surface area contributed by atoms with Crippen LogP contribution in [0.1, 0.15) is 12.5 Å². The zero-order valence-electron chi connectivity index (χ0n) is 15.4. The Morgan fingerprint density at radius 1 is 1.32 bits per heavy atom. The molecule has 7 heteroatoms. The first-order valence-electron chi connectivity index (χ1n) is 8.84. The van der Waals surface area contributed by atoms with E-state index in [1.54, 1.807) is 24.3 Å². The lowest BCUT2D eigenvalue weighted by molar-refractivity contribution is -0.113. The molecule has 28 heavy (non-hydrogen) atoms. The number of aryl methyl sites for hydroxylation is 1. The molecule has 3 rings (SSSR count). The molecule has 0 aliphatic carbocycles. The van der Waals surface area contributed by atoms with E-state index in [4.69, 9.17) is 11.6 Å². The largest absolute Gasteiger partial charge is 0.325 e. The van der Waals surface area contributed by atoms with Gasteiger partial charge < -0.3 is 5.32 Å². The van der Waals surface area contributed by atoms with Gasteiger partial charge in [-0.05, 0) is 42.3 Å². The minimum atomic E-state index is -0.180. The van der Waals surface area contributed by atoms with E-state index in [0.717, 1.165) is 17.7 Å². The van der Waals surface area contributed by atoms with Crippen LogP contribution >= 0.6 is 23.4 Å². The maximum atomic E-state index is 12.8. The lowest BCUT2D eigenvalue weighted by Gasteiger charge is -2.12. The van der Waals surface area contributed by atoms with Crippen LogP contribution in [0.5, 0.6) is 0 Å². The number of hydrogen-bond donors (Lipinski definition) is 1. The Balaban J connectivity index is 1.82. The molecule has 0 spiro atoms. The third-order valence-corrected chi connectivity index (χ3v) is 5.36. The fourth-order valence-corrected chi connectivity index (χ4v) is 3.75. The maximum Gasteiger partial charge on any atom is 0.262 e. The molecule has 1 amide bonds. The van der Waals surface area contributed by atoms with Crippen LogP contribution < -0.4 is 10.9 Å². The molecule has 1 heterocycles. The van der Waals surface area contributed by atoms with Gasteiger partial charge in [-0.3, -0.25) is 14.2 Å². The van der Waals surface area contributed by atoms with Crippen LogP contribution in [0.25, 0.3) is 10.9 Å². The molecule has 2 aromatic carbocycles.